The summed E-state index contributed by atoms with van der Waals surface area (Å²) in [5.41, 5.74) is 0.896. The molecule has 40 heavy (non-hydrogen) atoms. The molecule has 0 bridgehead atoms. The van der Waals surface area contributed by atoms with Crippen molar-refractivity contribution < 1.29 is 38.1 Å². The Kier molecular flexibility index (Phi) is 8.28. The van der Waals surface area contributed by atoms with Gasteiger partial charge in [-0.25, -0.2) is 0 Å². The van der Waals surface area contributed by atoms with Gasteiger partial charge in [0.2, 0.25) is 0 Å². The second-order valence-electron chi connectivity index (χ2n) is 9.56. The third kappa shape index (κ3) is 5.50. The van der Waals surface area contributed by atoms with E-state index >= 15 is 0 Å². The number of benzene rings is 2. The predicted molar refractivity (Wildman–Crippen MR) is 147 cm³/mol. The van der Waals surface area contributed by atoms with Crippen molar-refractivity contribution in [2.75, 3.05) is 26.4 Å². The van der Waals surface area contributed by atoms with E-state index in [1.54, 1.807) is 48.5 Å². The van der Waals surface area contributed by atoms with E-state index < -0.39 is 17.7 Å². The van der Waals surface area contributed by atoms with Gasteiger partial charge in [-0.1, -0.05) is 25.8 Å². The number of furan rings is 1. The van der Waals surface area contributed by atoms with Gasteiger partial charge in [-0.05, 0) is 61.4 Å². The molecular weight excluding hydrogens is 514 g/mol. The maximum atomic E-state index is 13.5. The van der Waals surface area contributed by atoms with Crippen molar-refractivity contribution in [2.24, 2.45) is 0 Å². The van der Waals surface area contributed by atoms with Gasteiger partial charge in [-0.3, -0.25) is 9.59 Å². The second-order valence-corrected chi connectivity index (χ2v) is 9.56. The fourth-order valence-electron chi connectivity index (χ4n) is 4.92. The van der Waals surface area contributed by atoms with Crippen LogP contribution in [0.4, 0.5) is 0 Å². The Morgan fingerprint density at radius 3 is 2.55 bits per heavy atom. The van der Waals surface area contributed by atoms with Gasteiger partial charge >= 0.3 is 0 Å². The number of carbonyl (C=O) groups is 2. The number of rotatable bonds is 11. The van der Waals surface area contributed by atoms with Crippen molar-refractivity contribution in [3.05, 3.63) is 77.3 Å². The van der Waals surface area contributed by atoms with Crippen LogP contribution in [-0.2, 0) is 16.1 Å². The first-order valence-corrected chi connectivity index (χ1v) is 13.6. The summed E-state index contributed by atoms with van der Waals surface area (Å²) in [6.45, 7) is 5.80. The molecule has 1 N–H and O–H groups in total. The van der Waals surface area contributed by atoms with Crippen molar-refractivity contribution in [1.29, 1.82) is 0 Å². The van der Waals surface area contributed by atoms with Gasteiger partial charge < -0.3 is 33.4 Å². The van der Waals surface area contributed by atoms with E-state index in [0.29, 0.717) is 66.3 Å². The van der Waals surface area contributed by atoms with Crippen molar-refractivity contribution in [1.82, 2.24) is 4.90 Å². The summed E-state index contributed by atoms with van der Waals surface area (Å²) >= 11 is 0. The number of aliphatic hydroxyl groups excluding tert-OH is 1. The number of carbonyl (C=O) groups excluding carboxylic acids is 2. The van der Waals surface area contributed by atoms with Gasteiger partial charge in [-0.15, -0.1) is 0 Å². The number of ketones is 1. The zero-order chi connectivity index (χ0) is 28.1. The highest BCUT2D eigenvalue weighted by Crippen LogP contribution is 2.43. The van der Waals surface area contributed by atoms with E-state index in [9.17, 15) is 14.7 Å². The zero-order valence-corrected chi connectivity index (χ0v) is 22.7. The minimum atomic E-state index is -0.897. The molecule has 0 radical (unpaired) electrons. The molecule has 210 valence electrons. The Bertz CT molecular complexity index is 1390. The van der Waals surface area contributed by atoms with Crippen LogP contribution in [0.2, 0.25) is 0 Å². The maximum absolute atomic E-state index is 13.5. The lowest BCUT2D eigenvalue weighted by atomic mass is 9.94. The van der Waals surface area contributed by atoms with E-state index in [4.69, 9.17) is 23.4 Å². The van der Waals surface area contributed by atoms with Crippen LogP contribution < -0.4 is 18.9 Å². The molecule has 9 nitrogen and oxygen atoms in total. The Morgan fingerprint density at radius 2 is 1.80 bits per heavy atom. The molecule has 3 aromatic rings. The molecule has 1 saturated heterocycles. The quantitative estimate of drug-likeness (QED) is 0.142. The van der Waals surface area contributed by atoms with E-state index in [-0.39, 0.29) is 17.9 Å². The van der Waals surface area contributed by atoms with Crippen LogP contribution in [0.1, 0.15) is 56.0 Å². The Labute approximate surface area is 232 Å². The summed E-state index contributed by atoms with van der Waals surface area (Å²) < 4.78 is 28.6. The summed E-state index contributed by atoms with van der Waals surface area (Å²) in [5, 5.41) is 11.5. The number of unbranched alkanes of at least 4 members (excludes halogenated alkanes) is 2. The van der Waals surface area contributed by atoms with E-state index in [0.717, 1.165) is 19.3 Å². The van der Waals surface area contributed by atoms with Crippen molar-refractivity contribution in [2.45, 2.75) is 45.7 Å². The molecule has 2 aliphatic rings. The summed E-state index contributed by atoms with van der Waals surface area (Å²) in [6, 6.07) is 12.8. The Balaban J connectivity index is 1.58. The number of nitrogens with zero attached hydrogens (tertiary/aromatic N) is 1. The molecular formula is C31H33NO8. The van der Waals surface area contributed by atoms with Gasteiger partial charge in [0.1, 0.15) is 24.7 Å². The van der Waals surface area contributed by atoms with Crippen molar-refractivity contribution in [3.8, 4) is 23.0 Å². The van der Waals surface area contributed by atoms with Crippen molar-refractivity contribution >= 4 is 17.4 Å². The molecule has 0 unspecified atom stereocenters. The number of aliphatic hydroxyl groups is 1. The number of ether oxygens (including phenoxy) is 4. The highest BCUT2D eigenvalue weighted by atomic mass is 16.6. The first-order valence-electron chi connectivity index (χ1n) is 13.6. The number of amides is 1. The fourth-order valence-corrected chi connectivity index (χ4v) is 4.92. The molecule has 9 heteroatoms. The van der Waals surface area contributed by atoms with Gasteiger partial charge in [0, 0.05) is 5.56 Å². The Morgan fingerprint density at radius 1 is 0.975 bits per heavy atom. The normalized spacial score (nSPS) is 17.8. The summed E-state index contributed by atoms with van der Waals surface area (Å²) in [4.78, 5) is 28.2. The molecule has 2 aliphatic heterocycles. The van der Waals surface area contributed by atoms with Crippen LogP contribution >= 0.6 is 0 Å². The second kappa shape index (κ2) is 12.2. The maximum Gasteiger partial charge on any atom is 0.296 e. The van der Waals surface area contributed by atoms with E-state index in [2.05, 4.69) is 6.92 Å². The van der Waals surface area contributed by atoms with Crippen LogP contribution in [0, 0.1) is 0 Å². The first-order chi connectivity index (χ1) is 19.5. The average Bonchev–Trinajstić information content (AvgIpc) is 3.58. The molecule has 1 atom stereocenters. The van der Waals surface area contributed by atoms with Gasteiger partial charge in [0.25, 0.3) is 11.7 Å². The topological polar surface area (TPSA) is 108 Å². The third-order valence-electron chi connectivity index (χ3n) is 6.85. The minimum absolute atomic E-state index is 0.0349. The summed E-state index contributed by atoms with van der Waals surface area (Å²) in [7, 11) is 0. The van der Waals surface area contributed by atoms with Gasteiger partial charge in [0.05, 0.1) is 37.6 Å². The fraction of sp³-hybridized carbons (Fsp3) is 0.355. The number of hydrogen-bond donors (Lipinski definition) is 1. The monoisotopic (exact) mass is 547 g/mol. The predicted octanol–water partition coefficient (Wildman–Crippen LogP) is 5.64. The van der Waals surface area contributed by atoms with E-state index in [1.165, 1.54) is 11.2 Å². The molecule has 3 heterocycles. The zero-order valence-electron chi connectivity index (χ0n) is 22.7. The van der Waals surface area contributed by atoms with Crippen molar-refractivity contribution in [3.63, 3.8) is 0 Å². The minimum Gasteiger partial charge on any atom is -0.507 e. The lowest BCUT2D eigenvalue weighted by Crippen LogP contribution is -2.29. The molecule has 0 aliphatic carbocycles. The smallest absolute Gasteiger partial charge is 0.296 e. The highest BCUT2D eigenvalue weighted by Gasteiger charge is 2.46. The van der Waals surface area contributed by atoms with Crippen LogP contribution in [0.5, 0.6) is 23.0 Å². The third-order valence-corrected chi connectivity index (χ3v) is 6.85. The number of hydrogen-bond acceptors (Lipinski definition) is 8. The first kappa shape index (κ1) is 27.2. The largest absolute Gasteiger partial charge is 0.507 e. The van der Waals surface area contributed by atoms with Crippen LogP contribution in [0.3, 0.4) is 0 Å². The average molecular weight is 548 g/mol. The molecule has 1 aromatic heterocycles. The van der Waals surface area contributed by atoms with E-state index in [1.807, 2.05) is 6.92 Å². The highest BCUT2D eigenvalue weighted by molar-refractivity contribution is 6.46. The summed E-state index contributed by atoms with van der Waals surface area (Å²) in [5.74, 6) is 0.761. The lowest BCUT2D eigenvalue weighted by molar-refractivity contribution is -0.140. The number of fused-ring (bicyclic) bond motifs is 1. The van der Waals surface area contributed by atoms with Crippen LogP contribution in [0.25, 0.3) is 5.76 Å². The summed E-state index contributed by atoms with van der Waals surface area (Å²) in [6.07, 6.45) is 4.57. The van der Waals surface area contributed by atoms with Gasteiger partial charge in [-0.2, -0.15) is 0 Å². The number of likely N-dealkylation sites (tertiary alicyclic amines) is 1. The lowest BCUT2D eigenvalue weighted by Gasteiger charge is -2.25. The molecule has 1 amide bonds. The number of Topliss-reactive ketones (excluding diaryl/α,β-unsaturated/α-hetero) is 1. The standard InChI is InChI=1S/C31H33NO8/c1-3-5-6-13-38-23-11-9-20(17-25(23)36-4-2)28-27(30(34)31(35)32(28)19-22-8-7-14-37-22)29(33)21-10-12-24-26(18-21)40-16-15-39-24/h7-12,14,17-18,28,33H,3-6,13,15-16,19H2,1-2H3/b29-27+/t28-/m0/s1. The Hall–Kier alpha value is -4.40. The van der Waals surface area contributed by atoms with Crippen LogP contribution in [0.15, 0.2) is 64.8 Å². The molecule has 0 spiro atoms. The van der Waals surface area contributed by atoms with Crippen LogP contribution in [-0.4, -0.2) is 48.1 Å². The van der Waals surface area contributed by atoms with Gasteiger partial charge in [0.15, 0.2) is 23.0 Å². The molecule has 2 aromatic carbocycles. The SMILES string of the molecule is CCCCCOc1ccc([C@H]2/C(=C(\O)c3ccc4c(c3)OCCO4)C(=O)C(=O)N2Cc2ccco2)cc1OCC. The molecule has 1 fully saturated rings. The molecule has 0 saturated carbocycles. The molecule has 5 rings (SSSR count).